The molecule has 7 heteroatoms. The van der Waals surface area contributed by atoms with Gasteiger partial charge < -0.3 is 9.73 Å². The van der Waals surface area contributed by atoms with Crippen LogP contribution in [0, 0.1) is 27.7 Å². The van der Waals surface area contributed by atoms with Crippen molar-refractivity contribution in [3.05, 3.63) is 52.5 Å². The number of hydrogen-bond acceptors (Lipinski definition) is 4. The van der Waals surface area contributed by atoms with Crippen LogP contribution >= 0.6 is 0 Å². The first-order valence-corrected chi connectivity index (χ1v) is 9.11. The molecule has 0 aliphatic heterocycles. The van der Waals surface area contributed by atoms with Crippen molar-refractivity contribution in [1.82, 2.24) is 10.0 Å². The Kier molecular flexibility index (Phi) is 5.46. The molecule has 24 heavy (non-hydrogen) atoms. The van der Waals surface area contributed by atoms with E-state index in [1.807, 2.05) is 13.0 Å². The number of amides is 1. The summed E-state index contributed by atoms with van der Waals surface area (Å²) in [6.45, 7) is 7.37. The van der Waals surface area contributed by atoms with Crippen molar-refractivity contribution in [3.8, 4) is 0 Å². The first-order valence-electron chi connectivity index (χ1n) is 7.63. The number of rotatable bonds is 6. The highest BCUT2D eigenvalue weighted by atomic mass is 32.2. The van der Waals surface area contributed by atoms with Gasteiger partial charge in [-0.2, -0.15) is 0 Å². The Balaban J connectivity index is 1.93. The van der Waals surface area contributed by atoms with Crippen LogP contribution in [0.1, 0.15) is 33.0 Å². The molecule has 6 nitrogen and oxygen atoms in total. The third-order valence-electron chi connectivity index (χ3n) is 3.62. The van der Waals surface area contributed by atoms with Gasteiger partial charge in [-0.25, -0.2) is 13.1 Å². The highest BCUT2D eigenvalue weighted by Gasteiger charge is 2.17. The van der Waals surface area contributed by atoms with Crippen molar-refractivity contribution in [1.29, 1.82) is 0 Å². The van der Waals surface area contributed by atoms with Crippen LogP contribution < -0.4 is 10.0 Å². The monoisotopic (exact) mass is 350 g/mol. The highest BCUT2D eigenvalue weighted by Crippen LogP contribution is 2.16. The van der Waals surface area contributed by atoms with Crippen LogP contribution in [-0.4, -0.2) is 27.4 Å². The number of carbonyl (C=O) groups is 1. The SMILES string of the molecule is Cc1ccc(C)c(S(=O)(=O)NCCNC(=O)c2cc(C)oc2C)c1. The van der Waals surface area contributed by atoms with E-state index in [-0.39, 0.29) is 23.9 Å². The van der Waals surface area contributed by atoms with Gasteiger partial charge in [0, 0.05) is 13.1 Å². The van der Waals surface area contributed by atoms with Crippen LogP contribution in [0.4, 0.5) is 0 Å². The molecule has 1 heterocycles. The van der Waals surface area contributed by atoms with Gasteiger partial charge in [-0.3, -0.25) is 4.79 Å². The van der Waals surface area contributed by atoms with Crippen LogP contribution in [0.3, 0.4) is 0 Å². The molecule has 2 N–H and O–H groups in total. The molecular formula is C17H22N2O4S. The third-order valence-corrected chi connectivity index (χ3v) is 5.22. The van der Waals surface area contributed by atoms with Crippen molar-refractivity contribution in [2.75, 3.05) is 13.1 Å². The van der Waals surface area contributed by atoms with Gasteiger partial charge in [0.1, 0.15) is 11.5 Å². The minimum absolute atomic E-state index is 0.108. The molecule has 1 aromatic heterocycles. The molecule has 0 spiro atoms. The number of furan rings is 1. The van der Waals surface area contributed by atoms with Crippen molar-refractivity contribution < 1.29 is 17.6 Å². The Bertz CT molecular complexity index is 853. The summed E-state index contributed by atoms with van der Waals surface area (Å²) in [6, 6.07) is 6.93. The normalized spacial score (nSPS) is 11.5. The van der Waals surface area contributed by atoms with Crippen molar-refractivity contribution >= 4 is 15.9 Å². The summed E-state index contributed by atoms with van der Waals surface area (Å²) in [5.41, 5.74) is 2.02. The van der Waals surface area contributed by atoms with E-state index < -0.39 is 10.0 Å². The van der Waals surface area contributed by atoms with Gasteiger partial charge in [0.15, 0.2) is 0 Å². The Hall–Kier alpha value is -2.12. The quantitative estimate of drug-likeness (QED) is 0.782. The van der Waals surface area contributed by atoms with Crippen LogP contribution in [-0.2, 0) is 10.0 Å². The fourth-order valence-corrected chi connectivity index (χ4v) is 3.75. The summed E-state index contributed by atoms with van der Waals surface area (Å²) in [6.07, 6.45) is 0. The number of nitrogens with one attached hydrogen (secondary N) is 2. The summed E-state index contributed by atoms with van der Waals surface area (Å²) < 4.78 is 32.5. The zero-order valence-corrected chi connectivity index (χ0v) is 15.1. The molecule has 0 saturated heterocycles. The van der Waals surface area contributed by atoms with E-state index in [2.05, 4.69) is 10.0 Å². The van der Waals surface area contributed by atoms with E-state index >= 15 is 0 Å². The zero-order valence-electron chi connectivity index (χ0n) is 14.3. The molecule has 130 valence electrons. The topological polar surface area (TPSA) is 88.4 Å². The summed E-state index contributed by atoms with van der Waals surface area (Å²) in [4.78, 5) is 12.3. The molecule has 2 rings (SSSR count). The van der Waals surface area contributed by atoms with E-state index in [1.54, 1.807) is 39.0 Å². The maximum absolute atomic E-state index is 12.3. The maximum atomic E-state index is 12.3. The first-order chi connectivity index (χ1) is 11.2. The van der Waals surface area contributed by atoms with E-state index in [9.17, 15) is 13.2 Å². The van der Waals surface area contributed by atoms with Crippen LogP contribution in [0.5, 0.6) is 0 Å². The minimum Gasteiger partial charge on any atom is -0.466 e. The zero-order chi connectivity index (χ0) is 17.9. The van der Waals surface area contributed by atoms with E-state index in [1.165, 1.54) is 0 Å². The predicted octanol–water partition coefficient (Wildman–Crippen LogP) is 2.22. The molecule has 0 aliphatic carbocycles. The first kappa shape index (κ1) is 18.2. The summed E-state index contributed by atoms with van der Waals surface area (Å²) in [5.74, 6) is 0.921. The number of carbonyl (C=O) groups excluding carboxylic acids is 1. The predicted molar refractivity (Wildman–Crippen MR) is 91.6 cm³/mol. The van der Waals surface area contributed by atoms with E-state index in [0.717, 1.165) is 5.56 Å². The summed E-state index contributed by atoms with van der Waals surface area (Å²) in [5, 5.41) is 2.68. The number of aryl methyl sites for hydroxylation is 4. The Morgan fingerprint density at radius 2 is 1.79 bits per heavy atom. The van der Waals surface area contributed by atoms with Gasteiger partial charge in [0.25, 0.3) is 5.91 Å². The second kappa shape index (κ2) is 7.19. The Labute approximate surface area is 142 Å². The van der Waals surface area contributed by atoms with Crippen LogP contribution in [0.15, 0.2) is 33.6 Å². The lowest BCUT2D eigenvalue weighted by atomic mass is 10.2. The van der Waals surface area contributed by atoms with E-state index in [4.69, 9.17) is 4.42 Å². The lowest BCUT2D eigenvalue weighted by Crippen LogP contribution is -2.35. The fraction of sp³-hybridized carbons (Fsp3) is 0.353. The highest BCUT2D eigenvalue weighted by molar-refractivity contribution is 7.89. The van der Waals surface area contributed by atoms with Crippen molar-refractivity contribution in [3.63, 3.8) is 0 Å². The summed E-state index contributed by atoms with van der Waals surface area (Å²) >= 11 is 0. The molecule has 1 aromatic carbocycles. The molecular weight excluding hydrogens is 328 g/mol. The van der Waals surface area contributed by atoms with Gasteiger partial charge in [-0.1, -0.05) is 12.1 Å². The molecule has 0 radical (unpaired) electrons. The Morgan fingerprint density at radius 1 is 1.08 bits per heavy atom. The van der Waals surface area contributed by atoms with Crippen molar-refractivity contribution in [2.45, 2.75) is 32.6 Å². The minimum atomic E-state index is -3.60. The largest absolute Gasteiger partial charge is 0.466 e. The van der Waals surface area contributed by atoms with Gasteiger partial charge in [-0.05, 0) is 51.0 Å². The number of hydrogen-bond donors (Lipinski definition) is 2. The molecule has 2 aromatic rings. The number of benzene rings is 1. The van der Waals surface area contributed by atoms with Gasteiger partial charge in [0.05, 0.1) is 10.5 Å². The van der Waals surface area contributed by atoms with E-state index in [0.29, 0.717) is 22.6 Å². The third kappa shape index (κ3) is 4.24. The number of sulfonamides is 1. The molecule has 0 fully saturated rings. The van der Waals surface area contributed by atoms with Gasteiger partial charge >= 0.3 is 0 Å². The van der Waals surface area contributed by atoms with Gasteiger partial charge in [-0.15, -0.1) is 0 Å². The average Bonchev–Trinajstić information content (AvgIpc) is 2.84. The smallest absolute Gasteiger partial charge is 0.254 e. The molecule has 1 amide bonds. The molecule has 0 bridgehead atoms. The lowest BCUT2D eigenvalue weighted by Gasteiger charge is -2.10. The lowest BCUT2D eigenvalue weighted by molar-refractivity contribution is 0.0953. The molecule has 0 saturated carbocycles. The average molecular weight is 350 g/mol. The summed E-state index contributed by atoms with van der Waals surface area (Å²) in [7, 11) is -3.60. The van der Waals surface area contributed by atoms with Gasteiger partial charge in [0.2, 0.25) is 10.0 Å². The Morgan fingerprint density at radius 3 is 2.42 bits per heavy atom. The molecule has 0 aliphatic rings. The maximum Gasteiger partial charge on any atom is 0.254 e. The second-order valence-corrected chi connectivity index (χ2v) is 7.48. The standard InChI is InChI=1S/C17H22N2O4S/c1-11-5-6-12(2)16(9-11)24(21,22)19-8-7-18-17(20)15-10-13(3)23-14(15)4/h5-6,9-10,19H,7-8H2,1-4H3,(H,18,20). The van der Waals surface area contributed by atoms with Crippen LogP contribution in [0.25, 0.3) is 0 Å². The second-order valence-electron chi connectivity index (χ2n) is 5.75. The van der Waals surface area contributed by atoms with Crippen molar-refractivity contribution in [2.24, 2.45) is 0 Å². The fourth-order valence-electron chi connectivity index (χ4n) is 2.39. The molecule has 0 unspecified atom stereocenters. The molecule has 0 atom stereocenters. The van der Waals surface area contributed by atoms with Crippen LogP contribution in [0.2, 0.25) is 0 Å².